The molecule has 6 nitrogen and oxygen atoms in total. The predicted molar refractivity (Wildman–Crippen MR) is 119 cm³/mol. The van der Waals surface area contributed by atoms with Crippen LogP contribution in [0.15, 0.2) is 91.1 Å². The van der Waals surface area contributed by atoms with Crippen LogP contribution in [-0.4, -0.2) is 21.6 Å². The fourth-order valence-electron chi connectivity index (χ4n) is 3.36. The van der Waals surface area contributed by atoms with Gasteiger partial charge in [0.05, 0.1) is 12.1 Å². The quantitative estimate of drug-likeness (QED) is 0.488. The van der Waals surface area contributed by atoms with E-state index in [2.05, 4.69) is 10.4 Å². The minimum atomic E-state index is -0.498. The summed E-state index contributed by atoms with van der Waals surface area (Å²) in [7, 11) is 0. The molecule has 0 saturated carbocycles. The van der Waals surface area contributed by atoms with Gasteiger partial charge in [0.25, 0.3) is 5.91 Å². The molecule has 0 aliphatic heterocycles. The summed E-state index contributed by atoms with van der Waals surface area (Å²) in [5.74, 6) is -0.732. The summed E-state index contributed by atoms with van der Waals surface area (Å²) in [6.45, 7) is 0.840. The number of hydrogen-bond acceptors (Lipinski definition) is 3. The highest BCUT2D eigenvalue weighted by atomic mass is 16.2. The molecular formula is C25H22N4O2. The SMILES string of the molecule is NC(=O)c1cccc(CNC(=O)c2cn(Cc3ccccc3)nc2-c2ccccc2)c1. The van der Waals surface area contributed by atoms with Crippen LogP contribution in [0.4, 0.5) is 0 Å². The van der Waals surface area contributed by atoms with E-state index in [1.54, 1.807) is 29.1 Å². The number of carbonyl (C=O) groups excluding carboxylic acids is 2. The lowest BCUT2D eigenvalue weighted by atomic mass is 10.1. The molecule has 154 valence electrons. The fraction of sp³-hybridized carbons (Fsp3) is 0.0800. The molecule has 0 aliphatic carbocycles. The van der Waals surface area contributed by atoms with E-state index in [1.165, 1.54) is 0 Å². The van der Waals surface area contributed by atoms with Crippen molar-refractivity contribution in [3.63, 3.8) is 0 Å². The molecule has 3 aromatic carbocycles. The van der Waals surface area contributed by atoms with Crippen molar-refractivity contribution in [3.8, 4) is 11.3 Å². The van der Waals surface area contributed by atoms with Crippen molar-refractivity contribution >= 4 is 11.8 Å². The normalized spacial score (nSPS) is 10.6. The zero-order valence-corrected chi connectivity index (χ0v) is 16.9. The molecule has 0 atom stereocenters. The minimum Gasteiger partial charge on any atom is -0.366 e. The van der Waals surface area contributed by atoms with E-state index in [0.29, 0.717) is 23.4 Å². The number of carbonyl (C=O) groups is 2. The molecule has 1 heterocycles. The maximum absolute atomic E-state index is 13.0. The van der Waals surface area contributed by atoms with Crippen LogP contribution < -0.4 is 11.1 Å². The Labute approximate surface area is 180 Å². The number of nitrogens with two attached hydrogens (primary N) is 1. The summed E-state index contributed by atoms with van der Waals surface area (Å²) in [6.07, 6.45) is 1.77. The monoisotopic (exact) mass is 410 g/mol. The Hall–Kier alpha value is -4.19. The summed E-state index contributed by atoms with van der Waals surface area (Å²) < 4.78 is 1.78. The van der Waals surface area contributed by atoms with E-state index >= 15 is 0 Å². The van der Waals surface area contributed by atoms with E-state index in [9.17, 15) is 9.59 Å². The van der Waals surface area contributed by atoms with E-state index in [0.717, 1.165) is 16.7 Å². The largest absolute Gasteiger partial charge is 0.366 e. The molecule has 0 bridgehead atoms. The number of primary amides is 1. The highest BCUT2D eigenvalue weighted by molar-refractivity contribution is 5.99. The second-order valence-corrected chi connectivity index (χ2v) is 7.19. The Morgan fingerprint density at radius 2 is 1.55 bits per heavy atom. The van der Waals surface area contributed by atoms with Gasteiger partial charge in [0.15, 0.2) is 0 Å². The highest BCUT2D eigenvalue weighted by Gasteiger charge is 2.18. The van der Waals surface area contributed by atoms with Crippen LogP contribution in [-0.2, 0) is 13.1 Å². The number of amides is 2. The summed E-state index contributed by atoms with van der Waals surface area (Å²) in [5.41, 5.74) is 9.63. The first-order valence-corrected chi connectivity index (χ1v) is 9.94. The van der Waals surface area contributed by atoms with Gasteiger partial charge in [-0.2, -0.15) is 5.10 Å². The van der Waals surface area contributed by atoms with Crippen molar-refractivity contribution < 1.29 is 9.59 Å². The lowest BCUT2D eigenvalue weighted by molar-refractivity contribution is 0.0950. The molecule has 0 unspecified atom stereocenters. The third-order valence-electron chi connectivity index (χ3n) is 4.91. The molecule has 2 amide bonds. The van der Waals surface area contributed by atoms with Crippen LogP contribution >= 0.6 is 0 Å². The van der Waals surface area contributed by atoms with Crippen LogP contribution in [0.5, 0.6) is 0 Å². The predicted octanol–water partition coefficient (Wildman–Crippen LogP) is 3.63. The molecule has 0 spiro atoms. The van der Waals surface area contributed by atoms with Gasteiger partial charge < -0.3 is 11.1 Å². The first kappa shape index (κ1) is 20.1. The molecule has 1 aromatic heterocycles. The lowest BCUT2D eigenvalue weighted by Crippen LogP contribution is -2.23. The van der Waals surface area contributed by atoms with Gasteiger partial charge in [-0.25, -0.2) is 0 Å². The van der Waals surface area contributed by atoms with Crippen LogP contribution in [0.2, 0.25) is 0 Å². The molecule has 6 heteroatoms. The molecule has 4 aromatic rings. The van der Waals surface area contributed by atoms with Gasteiger partial charge in [0.1, 0.15) is 5.69 Å². The zero-order chi connectivity index (χ0) is 21.6. The first-order valence-electron chi connectivity index (χ1n) is 9.94. The van der Waals surface area contributed by atoms with Gasteiger partial charge in [-0.05, 0) is 23.3 Å². The van der Waals surface area contributed by atoms with Crippen LogP contribution in [0.3, 0.4) is 0 Å². The fourth-order valence-corrected chi connectivity index (χ4v) is 3.36. The van der Waals surface area contributed by atoms with Crippen molar-refractivity contribution in [1.82, 2.24) is 15.1 Å². The third kappa shape index (κ3) is 4.87. The van der Waals surface area contributed by atoms with Gasteiger partial charge >= 0.3 is 0 Å². The summed E-state index contributed by atoms with van der Waals surface area (Å²) in [6, 6.07) is 26.5. The van der Waals surface area contributed by atoms with Crippen molar-refractivity contribution in [2.75, 3.05) is 0 Å². The third-order valence-corrected chi connectivity index (χ3v) is 4.91. The zero-order valence-electron chi connectivity index (χ0n) is 16.9. The second-order valence-electron chi connectivity index (χ2n) is 7.19. The molecule has 0 aliphatic rings. The number of nitrogens with one attached hydrogen (secondary N) is 1. The Morgan fingerprint density at radius 3 is 2.26 bits per heavy atom. The molecule has 0 saturated heterocycles. The smallest absolute Gasteiger partial charge is 0.255 e. The van der Waals surface area contributed by atoms with E-state index < -0.39 is 5.91 Å². The Morgan fingerprint density at radius 1 is 0.871 bits per heavy atom. The summed E-state index contributed by atoms with van der Waals surface area (Å²) >= 11 is 0. The Kier molecular flexibility index (Phi) is 5.89. The van der Waals surface area contributed by atoms with Crippen molar-refractivity contribution in [3.05, 3.63) is 113 Å². The number of rotatable bonds is 7. The number of nitrogens with zero attached hydrogens (tertiary/aromatic N) is 2. The maximum atomic E-state index is 13.0. The lowest BCUT2D eigenvalue weighted by Gasteiger charge is -2.07. The average molecular weight is 410 g/mol. The highest BCUT2D eigenvalue weighted by Crippen LogP contribution is 2.22. The Balaban J connectivity index is 1.59. The second kappa shape index (κ2) is 9.09. The molecule has 0 radical (unpaired) electrons. The van der Waals surface area contributed by atoms with Crippen LogP contribution in [0, 0.1) is 0 Å². The van der Waals surface area contributed by atoms with Crippen LogP contribution in [0.1, 0.15) is 31.8 Å². The van der Waals surface area contributed by atoms with Gasteiger partial charge in [-0.3, -0.25) is 14.3 Å². The first-order chi connectivity index (χ1) is 15.1. The molecular weight excluding hydrogens is 388 g/mol. The molecule has 31 heavy (non-hydrogen) atoms. The number of aromatic nitrogens is 2. The van der Waals surface area contributed by atoms with Gasteiger partial charge in [0, 0.05) is 23.9 Å². The maximum Gasteiger partial charge on any atom is 0.255 e. The van der Waals surface area contributed by atoms with Crippen molar-refractivity contribution in [1.29, 1.82) is 0 Å². The van der Waals surface area contributed by atoms with Crippen LogP contribution in [0.25, 0.3) is 11.3 Å². The Bertz CT molecular complexity index is 1200. The van der Waals surface area contributed by atoms with Gasteiger partial charge in [-0.1, -0.05) is 72.8 Å². The topological polar surface area (TPSA) is 90.0 Å². The van der Waals surface area contributed by atoms with Gasteiger partial charge in [-0.15, -0.1) is 0 Å². The minimum absolute atomic E-state index is 0.234. The van der Waals surface area contributed by atoms with E-state index in [4.69, 9.17) is 5.73 Å². The van der Waals surface area contributed by atoms with E-state index in [1.807, 2.05) is 66.7 Å². The summed E-state index contributed by atoms with van der Waals surface area (Å²) in [4.78, 5) is 24.4. The standard InChI is InChI=1S/C25H22N4O2/c26-24(30)21-13-7-10-19(14-21)15-27-25(31)22-17-29(16-18-8-3-1-4-9-18)28-23(22)20-11-5-2-6-12-20/h1-14,17H,15-16H2,(H2,26,30)(H,27,31). The molecule has 4 rings (SSSR count). The van der Waals surface area contributed by atoms with Gasteiger partial charge in [0.2, 0.25) is 5.91 Å². The molecule has 3 N–H and O–H groups in total. The average Bonchev–Trinajstić information content (AvgIpc) is 3.23. The number of hydrogen-bond donors (Lipinski definition) is 2. The molecule has 0 fully saturated rings. The summed E-state index contributed by atoms with van der Waals surface area (Å²) in [5, 5.41) is 7.61. The van der Waals surface area contributed by atoms with E-state index in [-0.39, 0.29) is 12.5 Å². The van der Waals surface area contributed by atoms with Crippen molar-refractivity contribution in [2.45, 2.75) is 13.1 Å². The number of benzene rings is 3. The van der Waals surface area contributed by atoms with Crippen molar-refractivity contribution in [2.24, 2.45) is 5.73 Å².